The summed E-state index contributed by atoms with van der Waals surface area (Å²) in [5, 5.41) is 0. The minimum Gasteiger partial charge on any atom is -0.255 e. The number of aromatic nitrogens is 1. The molecule has 1 aromatic heterocycles. The topological polar surface area (TPSA) is 25.2 Å². The molecular formula is C14H14N2S. The van der Waals surface area contributed by atoms with Crippen LogP contribution in [0.3, 0.4) is 0 Å². The molecule has 3 heteroatoms. The number of rotatable bonds is 3. The Kier molecular flexibility index (Phi) is 3.94. The molecule has 0 aliphatic heterocycles. The van der Waals surface area contributed by atoms with Gasteiger partial charge in [-0.05, 0) is 49.6 Å². The van der Waals surface area contributed by atoms with Crippen LogP contribution in [-0.2, 0) is 0 Å². The van der Waals surface area contributed by atoms with E-state index in [4.69, 9.17) is 0 Å². The molecule has 0 aliphatic rings. The molecule has 0 N–H and O–H groups in total. The molecule has 0 aliphatic carbocycles. The summed E-state index contributed by atoms with van der Waals surface area (Å²) < 4.78 is 0. The predicted molar refractivity (Wildman–Crippen MR) is 74.5 cm³/mol. The van der Waals surface area contributed by atoms with Crippen molar-refractivity contribution in [1.82, 2.24) is 4.98 Å². The van der Waals surface area contributed by atoms with Crippen molar-refractivity contribution in [2.45, 2.75) is 11.8 Å². The van der Waals surface area contributed by atoms with Crippen LogP contribution in [0.2, 0.25) is 0 Å². The molecule has 0 atom stereocenters. The predicted octanol–water partition coefficient (Wildman–Crippen LogP) is 3.86. The zero-order valence-electron chi connectivity index (χ0n) is 9.92. The van der Waals surface area contributed by atoms with E-state index in [9.17, 15) is 0 Å². The first-order chi connectivity index (χ1) is 8.28. The van der Waals surface area contributed by atoms with E-state index in [0.29, 0.717) is 0 Å². The molecule has 86 valence electrons. The van der Waals surface area contributed by atoms with Crippen molar-refractivity contribution < 1.29 is 0 Å². The second kappa shape index (κ2) is 5.64. The summed E-state index contributed by atoms with van der Waals surface area (Å²) in [6, 6.07) is 14.1. The van der Waals surface area contributed by atoms with Gasteiger partial charge in [0.1, 0.15) is 0 Å². The number of nitrogens with zero attached hydrogens (tertiary/aromatic N) is 2. The van der Waals surface area contributed by atoms with Gasteiger partial charge in [-0.3, -0.25) is 9.98 Å². The fourth-order valence-electron chi connectivity index (χ4n) is 1.44. The molecule has 2 aromatic rings. The Labute approximate surface area is 106 Å². The third-order valence-corrected chi connectivity index (χ3v) is 3.07. The Hall–Kier alpha value is -1.61. The van der Waals surface area contributed by atoms with Crippen molar-refractivity contribution in [3.05, 3.63) is 53.9 Å². The number of aryl methyl sites for hydroxylation is 1. The summed E-state index contributed by atoms with van der Waals surface area (Å²) in [6.07, 6.45) is 3.86. The van der Waals surface area contributed by atoms with Crippen molar-refractivity contribution in [3.63, 3.8) is 0 Å². The Morgan fingerprint density at radius 1 is 1.12 bits per heavy atom. The Morgan fingerprint density at radius 3 is 2.53 bits per heavy atom. The first-order valence-corrected chi connectivity index (χ1v) is 6.62. The van der Waals surface area contributed by atoms with E-state index in [1.54, 1.807) is 18.0 Å². The van der Waals surface area contributed by atoms with Gasteiger partial charge in [0.2, 0.25) is 0 Å². The molecule has 0 bridgehead atoms. The average molecular weight is 242 g/mol. The van der Waals surface area contributed by atoms with Crippen LogP contribution in [-0.4, -0.2) is 17.5 Å². The minimum atomic E-state index is 0.888. The standard InChI is InChI=1S/C14H14N2S/c1-11-4-3-5-13(16-11)10-15-12-6-8-14(17-2)9-7-12/h3-10H,1-2H3. The molecule has 2 nitrogen and oxygen atoms in total. The SMILES string of the molecule is CSc1ccc(N=Cc2cccc(C)n2)cc1. The maximum absolute atomic E-state index is 4.40. The highest BCUT2D eigenvalue weighted by Gasteiger charge is 1.92. The van der Waals surface area contributed by atoms with Crippen LogP contribution in [0.1, 0.15) is 11.4 Å². The van der Waals surface area contributed by atoms with E-state index in [0.717, 1.165) is 17.1 Å². The summed E-state index contributed by atoms with van der Waals surface area (Å²) in [5.74, 6) is 0. The summed E-state index contributed by atoms with van der Waals surface area (Å²) in [4.78, 5) is 10.0. The van der Waals surface area contributed by atoms with Crippen molar-refractivity contribution in [1.29, 1.82) is 0 Å². The molecule has 0 saturated carbocycles. The van der Waals surface area contributed by atoms with Crippen molar-refractivity contribution >= 4 is 23.7 Å². The van der Waals surface area contributed by atoms with Crippen molar-refractivity contribution in [2.75, 3.05) is 6.26 Å². The van der Waals surface area contributed by atoms with Crippen molar-refractivity contribution in [2.24, 2.45) is 4.99 Å². The fourth-order valence-corrected chi connectivity index (χ4v) is 1.85. The molecule has 1 heterocycles. The van der Waals surface area contributed by atoms with E-state index in [-0.39, 0.29) is 0 Å². The Morgan fingerprint density at radius 2 is 1.88 bits per heavy atom. The second-order valence-corrected chi connectivity index (χ2v) is 4.54. The van der Waals surface area contributed by atoms with Crippen LogP contribution in [0.25, 0.3) is 0 Å². The van der Waals surface area contributed by atoms with Crippen LogP contribution in [0.4, 0.5) is 5.69 Å². The first kappa shape index (κ1) is 11.9. The van der Waals surface area contributed by atoms with Gasteiger partial charge in [0.25, 0.3) is 0 Å². The Bertz CT molecular complexity index is 518. The van der Waals surface area contributed by atoms with E-state index < -0.39 is 0 Å². The number of hydrogen-bond acceptors (Lipinski definition) is 3. The van der Waals surface area contributed by atoms with Gasteiger partial charge in [0.05, 0.1) is 17.6 Å². The zero-order chi connectivity index (χ0) is 12.1. The molecule has 17 heavy (non-hydrogen) atoms. The number of thioether (sulfide) groups is 1. The van der Waals surface area contributed by atoms with Crippen LogP contribution in [0, 0.1) is 6.92 Å². The molecule has 0 radical (unpaired) electrons. The molecule has 1 aromatic carbocycles. The van der Waals surface area contributed by atoms with Gasteiger partial charge >= 0.3 is 0 Å². The number of hydrogen-bond donors (Lipinski definition) is 0. The van der Waals surface area contributed by atoms with Crippen molar-refractivity contribution in [3.8, 4) is 0 Å². The van der Waals surface area contributed by atoms with Gasteiger partial charge in [-0.2, -0.15) is 0 Å². The first-order valence-electron chi connectivity index (χ1n) is 5.40. The lowest BCUT2D eigenvalue weighted by molar-refractivity contribution is 1.19. The molecule has 0 amide bonds. The van der Waals surface area contributed by atoms with Gasteiger partial charge in [-0.25, -0.2) is 0 Å². The minimum absolute atomic E-state index is 0.888. The third kappa shape index (κ3) is 3.43. The summed E-state index contributed by atoms with van der Waals surface area (Å²) >= 11 is 1.73. The van der Waals surface area contributed by atoms with Gasteiger partial charge < -0.3 is 0 Å². The summed E-state index contributed by atoms with van der Waals surface area (Å²) in [7, 11) is 0. The number of aliphatic imine (C=N–C) groups is 1. The van der Waals surface area contributed by atoms with Crippen LogP contribution < -0.4 is 0 Å². The van der Waals surface area contributed by atoms with E-state index in [2.05, 4.69) is 28.4 Å². The normalized spacial score (nSPS) is 10.9. The van der Waals surface area contributed by atoms with Gasteiger partial charge in [0, 0.05) is 10.6 Å². The van der Waals surface area contributed by atoms with Crippen LogP contribution in [0.15, 0.2) is 52.4 Å². The quantitative estimate of drug-likeness (QED) is 0.603. The third-order valence-electron chi connectivity index (χ3n) is 2.33. The highest BCUT2D eigenvalue weighted by atomic mass is 32.2. The highest BCUT2D eigenvalue weighted by Crippen LogP contribution is 2.19. The maximum atomic E-state index is 4.40. The van der Waals surface area contributed by atoms with Crippen LogP contribution in [0.5, 0.6) is 0 Å². The average Bonchev–Trinajstić information content (AvgIpc) is 2.37. The van der Waals surface area contributed by atoms with E-state index in [1.807, 2.05) is 37.3 Å². The fraction of sp³-hybridized carbons (Fsp3) is 0.143. The van der Waals surface area contributed by atoms with Gasteiger partial charge in [0.15, 0.2) is 0 Å². The largest absolute Gasteiger partial charge is 0.255 e. The zero-order valence-corrected chi connectivity index (χ0v) is 10.7. The molecule has 0 spiro atoms. The van der Waals surface area contributed by atoms with Crippen LogP contribution >= 0.6 is 11.8 Å². The van der Waals surface area contributed by atoms with E-state index in [1.165, 1.54) is 4.90 Å². The summed E-state index contributed by atoms with van der Waals surface area (Å²) in [6.45, 7) is 1.98. The van der Waals surface area contributed by atoms with E-state index >= 15 is 0 Å². The molecule has 2 rings (SSSR count). The lowest BCUT2D eigenvalue weighted by Crippen LogP contribution is -1.88. The number of benzene rings is 1. The maximum Gasteiger partial charge on any atom is 0.0815 e. The lowest BCUT2D eigenvalue weighted by atomic mass is 10.3. The smallest absolute Gasteiger partial charge is 0.0815 e. The molecular weight excluding hydrogens is 228 g/mol. The number of pyridine rings is 1. The van der Waals surface area contributed by atoms with Gasteiger partial charge in [-0.1, -0.05) is 6.07 Å². The van der Waals surface area contributed by atoms with Gasteiger partial charge in [-0.15, -0.1) is 11.8 Å². The molecule has 0 saturated heterocycles. The second-order valence-electron chi connectivity index (χ2n) is 3.66. The molecule has 0 unspecified atom stereocenters. The summed E-state index contributed by atoms with van der Waals surface area (Å²) in [5.41, 5.74) is 2.84. The lowest BCUT2D eigenvalue weighted by Gasteiger charge is -1.97. The molecule has 0 fully saturated rings. The highest BCUT2D eigenvalue weighted by molar-refractivity contribution is 7.98. The Balaban J connectivity index is 2.14. The monoisotopic (exact) mass is 242 g/mol.